The molecule has 2 aliphatic carbocycles. The lowest BCUT2D eigenvalue weighted by atomic mass is 9.97. The highest BCUT2D eigenvalue weighted by molar-refractivity contribution is 5.01. The maximum absolute atomic E-state index is 10.4. The normalized spacial score (nSPS) is 39.0. The Morgan fingerprint density at radius 2 is 1.87 bits per heavy atom. The number of hydrogen-bond acceptors (Lipinski definition) is 2. The highest BCUT2D eigenvalue weighted by Crippen LogP contribution is 2.44. The van der Waals surface area contributed by atoms with E-state index in [0.29, 0.717) is 5.92 Å². The molecule has 3 rings (SSSR count). The number of nitrogens with zero attached hydrogens (tertiary/aromatic N) is 1. The van der Waals surface area contributed by atoms with Crippen LogP contribution in [0.15, 0.2) is 0 Å². The van der Waals surface area contributed by atoms with Gasteiger partial charge >= 0.3 is 0 Å². The lowest BCUT2D eigenvalue weighted by Gasteiger charge is -2.24. The van der Waals surface area contributed by atoms with Gasteiger partial charge in [-0.2, -0.15) is 0 Å². The summed E-state index contributed by atoms with van der Waals surface area (Å²) in [7, 11) is 0. The number of rotatable bonds is 3. The molecule has 0 bridgehead atoms. The van der Waals surface area contributed by atoms with Crippen LogP contribution in [0.2, 0.25) is 0 Å². The summed E-state index contributed by atoms with van der Waals surface area (Å²) in [4.78, 5) is 2.52. The minimum atomic E-state index is -0.293. The fourth-order valence-corrected chi connectivity index (χ4v) is 3.56. The topological polar surface area (TPSA) is 23.5 Å². The molecular weight excluding hydrogens is 186 g/mol. The maximum Gasteiger partial charge on any atom is 0.0814 e. The average molecular weight is 209 g/mol. The molecule has 0 amide bonds. The second-order valence-electron chi connectivity index (χ2n) is 6.01. The number of aliphatic hydroxyl groups is 1. The van der Waals surface area contributed by atoms with Crippen molar-refractivity contribution in [2.75, 3.05) is 19.6 Å². The van der Waals surface area contributed by atoms with Gasteiger partial charge < -0.3 is 10.0 Å². The lowest BCUT2D eigenvalue weighted by molar-refractivity contribution is 0.0257. The smallest absolute Gasteiger partial charge is 0.0814 e. The van der Waals surface area contributed by atoms with E-state index in [9.17, 15) is 5.11 Å². The molecule has 3 aliphatic rings. The van der Waals surface area contributed by atoms with Crippen molar-refractivity contribution in [2.24, 2.45) is 11.8 Å². The van der Waals surface area contributed by atoms with E-state index in [1.807, 2.05) is 0 Å². The lowest BCUT2D eigenvalue weighted by Crippen LogP contribution is -2.36. The summed E-state index contributed by atoms with van der Waals surface area (Å²) in [5, 5.41) is 10.4. The highest BCUT2D eigenvalue weighted by atomic mass is 16.3. The summed E-state index contributed by atoms with van der Waals surface area (Å²) in [5.74, 6) is 1.58. The van der Waals surface area contributed by atoms with Gasteiger partial charge in [0.1, 0.15) is 0 Å². The van der Waals surface area contributed by atoms with Crippen molar-refractivity contribution in [3.05, 3.63) is 0 Å². The first-order valence-corrected chi connectivity index (χ1v) is 6.71. The zero-order valence-electron chi connectivity index (χ0n) is 9.62. The van der Waals surface area contributed by atoms with Crippen molar-refractivity contribution in [3.8, 4) is 0 Å². The molecule has 1 saturated heterocycles. The standard InChI is InChI=1S/C13H23NO/c15-13(12-5-6-12)7-8-14(10-13)9-11-3-1-2-4-11/h11-12,15H,1-10H2. The first-order valence-electron chi connectivity index (χ1n) is 6.71. The average Bonchev–Trinajstić information content (AvgIpc) is 2.86. The van der Waals surface area contributed by atoms with Crippen LogP contribution in [0.5, 0.6) is 0 Å². The number of likely N-dealkylation sites (tertiary alicyclic amines) is 1. The van der Waals surface area contributed by atoms with Crippen molar-refractivity contribution in [1.29, 1.82) is 0 Å². The molecule has 2 nitrogen and oxygen atoms in total. The number of β-amino-alcohol motifs (C(OH)–C–C–N with tert-alkyl or cyclic N) is 1. The Kier molecular flexibility index (Phi) is 2.52. The summed E-state index contributed by atoms with van der Waals surface area (Å²) in [5.41, 5.74) is -0.293. The van der Waals surface area contributed by atoms with Crippen LogP contribution in [-0.4, -0.2) is 35.2 Å². The molecule has 1 unspecified atom stereocenters. The molecule has 2 heteroatoms. The third kappa shape index (κ3) is 2.07. The van der Waals surface area contributed by atoms with Crippen LogP contribution >= 0.6 is 0 Å². The fraction of sp³-hybridized carbons (Fsp3) is 1.00. The predicted octanol–water partition coefficient (Wildman–Crippen LogP) is 2.02. The molecule has 86 valence electrons. The van der Waals surface area contributed by atoms with Gasteiger partial charge in [-0.15, -0.1) is 0 Å². The van der Waals surface area contributed by atoms with Gasteiger partial charge in [0, 0.05) is 19.6 Å². The van der Waals surface area contributed by atoms with E-state index < -0.39 is 0 Å². The summed E-state index contributed by atoms with van der Waals surface area (Å²) >= 11 is 0. The molecule has 15 heavy (non-hydrogen) atoms. The molecule has 1 aliphatic heterocycles. The molecule has 1 heterocycles. The zero-order valence-corrected chi connectivity index (χ0v) is 9.62. The van der Waals surface area contributed by atoms with Crippen LogP contribution < -0.4 is 0 Å². The van der Waals surface area contributed by atoms with Crippen LogP contribution in [0.25, 0.3) is 0 Å². The molecule has 2 saturated carbocycles. The Hall–Kier alpha value is -0.0800. The van der Waals surface area contributed by atoms with E-state index >= 15 is 0 Å². The molecule has 1 N–H and O–H groups in total. The maximum atomic E-state index is 10.4. The number of hydrogen-bond donors (Lipinski definition) is 1. The Morgan fingerprint density at radius 1 is 1.13 bits per heavy atom. The molecule has 0 spiro atoms. The molecule has 0 radical (unpaired) electrons. The van der Waals surface area contributed by atoms with Gasteiger partial charge in [-0.25, -0.2) is 0 Å². The SMILES string of the molecule is OC1(C2CC2)CCN(CC2CCCC2)C1. The van der Waals surface area contributed by atoms with E-state index in [1.165, 1.54) is 45.1 Å². The minimum absolute atomic E-state index is 0.293. The molecule has 3 fully saturated rings. The first-order chi connectivity index (χ1) is 7.26. The monoisotopic (exact) mass is 209 g/mol. The van der Waals surface area contributed by atoms with E-state index in [2.05, 4.69) is 4.90 Å². The quantitative estimate of drug-likeness (QED) is 0.768. The Balaban J connectivity index is 1.51. The largest absolute Gasteiger partial charge is 0.388 e. The van der Waals surface area contributed by atoms with E-state index in [0.717, 1.165) is 25.4 Å². The van der Waals surface area contributed by atoms with Crippen LogP contribution in [-0.2, 0) is 0 Å². The predicted molar refractivity (Wildman–Crippen MR) is 60.7 cm³/mol. The van der Waals surface area contributed by atoms with Crippen molar-refractivity contribution in [2.45, 2.75) is 50.5 Å². The van der Waals surface area contributed by atoms with Crippen molar-refractivity contribution >= 4 is 0 Å². The summed E-state index contributed by atoms with van der Waals surface area (Å²) in [6.07, 6.45) is 9.30. The van der Waals surface area contributed by atoms with E-state index in [4.69, 9.17) is 0 Å². The van der Waals surface area contributed by atoms with Crippen LogP contribution in [0, 0.1) is 11.8 Å². The molecular formula is C13H23NO. The van der Waals surface area contributed by atoms with Gasteiger partial charge in [0.25, 0.3) is 0 Å². The van der Waals surface area contributed by atoms with Crippen LogP contribution in [0.1, 0.15) is 44.9 Å². The molecule has 0 aromatic rings. The second kappa shape index (κ2) is 3.74. The Labute approximate surface area is 92.7 Å². The Morgan fingerprint density at radius 3 is 2.53 bits per heavy atom. The Bertz CT molecular complexity index is 233. The van der Waals surface area contributed by atoms with Gasteiger partial charge in [0.15, 0.2) is 0 Å². The van der Waals surface area contributed by atoms with Gasteiger partial charge in [-0.3, -0.25) is 0 Å². The summed E-state index contributed by atoms with van der Waals surface area (Å²) in [6, 6.07) is 0. The van der Waals surface area contributed by atoms with Crippen LogP contribution in [0.3, 0.4) is 0 Å². The first kappa shape index (κ1) is 10.1. The molecule has 1 atom stereocenters. The minimum Gasteiger partial charge on any atom is -0.388 e. The van der Waals surface area contributed by atoms with Crippen LogP contribution in [0.4, 0.5) is 0 Å². The molecule has 0 aromatic heterocycles. The van der Waals surface area contributed by atoms with Crippen molar-refractivity contribution in [3.63, 3.8) is 0 Å². The van der Waals surface area contributed by atoms with Gasteiger partial charge in [-0.05, 0) is 43.9 Å². The van der Waals surface area contributed by atoms with Gasteiger partial charge in [0.05, 0.1) is 5.60 Å². The zero-order chi connectivity index (χ0) is 10.3. The molecule has 0 aromatic carbocycles. The summed E-state index contributed by atoms with van der Waals surface area (Å²) < 4.78 is 0. The van der Waals surface area contributed by atoms with Crippen molar-refractivity contribution in [1.82, 2.24) is 4.90 Å². The van der Waals surface area contributed by atoms with E-state index in [-0.39, 0.29) is 5.60 Å². The van der Waals surface area contributed by atoms with Gasteiger partial charge in [-0.1, -0.05) is 12.8 Å². The summed E-state index contributed by atoms with van der Waals surface area (Å²) in [6.45, 7) is 3.37. The van der Waals surface area contributed by atoms with Gasteiger partial charge in [0.2, 0.25) is 0 Å². The van der Waals surface area contributed by atoms with Crippen molar-refractivity contribution < 1.29 is 5.11 Å². The highest BCUT2D eigenvalue weighted by Gasteiger charge is 2.47. The van der Waals surface area contributed by atoms with E-state index in [1.54, 1.807) is 0 Å². The third-order valence-electron chi connectivity index (χ3n) is 4.69. The fourth-order valence-electron chi connectivity index (χ4n) is 3.56. The third-order valence-corrected chi connectivity index (χ3v) is 4.69. The second-order valence-corrected chi connectivity index (χ2v) is 6.01.